The predicted octanol–water partition coefficient (Wildman–Crippen LogP) is 5.22. The highest BCUT2D eigenvalue weighted by Gasteiger charge is 2.27. The maximum absolute atomic E-state index is 13.2. The fraction of sp³-hybridized carbons (Fsp3) is 0.435. The quantitative estimate of drug-likeness (QED) is 0.617. The number of ketones is 1. The number of nitrogens with one attached hydrogen (secondary N) is 1. The average Bonchev–Trinajstić information content (AvgIpc) is 2.65. The van der Waals surface area contributed by atoms with Gasteiger partial charge in [0.1, 0.15) is 0 Å². The highest BCUT2D eigenvalue weighted by Crippen LogP contribution is 2.34. The molecule has 0 radical (unpaired) electrons. The van der Waals surface area contributed by atoms with Crippen LogP contribution in [0.2, 0.25) is 0 Å². The average molecular weight is 402 g/mol. The lowest BCUT2D eigenvalue weighted by molar-refractivity contribution is 0.0997. The second kappa shape index (κ2) is 9.01. The van der Waals surface area contributed by atoms with E-state index in [1.165, 1.54) is 0 Å². The van der Waals surface area contributed by atoms with Crippen LogP contribution in [0.3, 0.4) is 0 Å². The number of carbonyl (C=O) groups is 1. The van der Waals surface area contributed by atoms with Crippen molar-refractivity contribution in [2.75, 3.05) is 6.54 Å². The summed E-state index contributed by atoms with van der Waals surface area (Å²) in [6.07, 6.45) is 0. The number of hydrogen-bond donors (Lipinski definition) is 1. The van der Waals surface area contributed by atoms with Crippen molar-refractivity contribution in [3.63, 3.8) is 0 Å². The molecule has 0 amide bonds. The van der Waals surface area contributed by atoms with E-state index in [4.69, 9.17) is 0 Å². The van der Waals surface area contributed by atoms with Gasteiger partial charge in [0.05, 0.1) is 11.4 Å². The topological polar surface area (TPSA) is 63.2 Å². The van der Waals surface area contributed by atoms with Gasteiger partial charge in [0.25, 0.3) is 0 Å². The summed E-state index contributed by atoms with van der Waals surface area (Å²) in [5, 5.41) is 0. The fourth-order valence-electron chi connectivity index (χ4n) is 3.16. The second-order valence-electron chi connectivity index (χ2n) is 8.11. The lowest BCUT2D eigenvalue weighted by Gasteiger charge is -2.22. The van der Waals surface area contributed by atoms with Gasteiger partial charge >= 0.3 is 0 Å². The van der Waals surface area contributed by atoms with Gasteiger partial charge in [0, 0.05) is 5.56 Å². The molecule has 2 aromatic rings. The molecule has 0 spiro atoms. The van der Waals surface area contributed by atoms with Crippen molar-refractivity contribution in [3.8, 4) is 0 Å². The summed E-state index contributed by atoms with van der Waals surface area (Å²) < 4.78 is 29.0. The van der Waals surface area contributed by atoms with Gasteiger partial charge in [-0.1, -0.05) is 84.0 Å². The smallest absolute Gasteiger partial charge is 0.241 e. The zero-order chi connectivity index (χ0) is 21.1. The Hall–Kier alpha value is -1.98. The maximum Gasteiger partial charge on any atom is 0.241 e. The van der Waals surface area contributed by atoms with Gasteiger partial charge in [-0.15, -0.1) is 0 Å². The molecule has 0 aromatic heterocycles. The number of benzene rings is 2. The van der Waals surface area contributed by atoms with Crippen molar-refractivity contribution in [2.45, 2.75) is 64.2 Å². The molecule has 1 N–H and O–H groups in total. The molecule has 0 fully saturated rings. The Morgan fingerprint density at radius 3 is 1.79 bits per heavy atom. The number of hydrogen-bond acceptors (Lipinski definition) is 3. The van der Waals surface area contributed by atoms with Gasteiger partial charge in [-0.25, -0.2) is 13.1 Å². The van der Waals surface area contributed by atoms with Crippen LogP contribution in [0.25, 0.3) is 0 Å². The first-order chi connectivity index (χ1) is 13.0. The van der Waals surface area contributed by atoms with Crippen molar-refractivity contribution in [3.05, 3.63) is 64.7 Å². The summed E-state index contributed by atoms with van der Waals surface area (Å²) >= 11 is 0. The molecule has 5 heteroatoms. The van der Waals surface area contributed by atoms with Gasteiger partial charge in [-0.3, -0.25) is 4.79 Å². The van der Waals surface area contributed by atoms with Crippen molar-refractivity contribution in [1.29, 1.82) is 0 Å². The van der Waals surface area contributed by atoms with E-state index in [2.05, 4.69) is 18.6 Å². The molecule has 0 saturated heterocycles. The Morgan fingerprint density at radius 2 is 1.36 bits per heavy atom. The van der Waals surface area contributed by atoms with Crippen molar-refractivity contribution in [2.24, 2.45) is 0 Å². The summed E-state index contributed by atoms with van der Waals surface area (Å²) in [4.78, 5) is 12.7. The molecule has 2 aromatic carbocycles. The summed E-state index contributed by atoms with van der Waals surface area (Å²) in [6.45, 7) is 11.9. The van der Waals surface area contributed by atoms with Crippen LogP contribution in [0, 0.1) is 0 Å². The van der Waals surface area contributed by atoms with E-state index in [1.807, 2.05) is 45.9 Å². The van der Waals surface area contributed by atoms with Crippen molar-refractivity contribution in [1.82, 2.24) is 4.72 Å². The highest BCUT2D eigenvalue weighted by molar-refractivity contribution is 7.89. The van der Waals surface area contributed by atoms with Crippen LogP contribution >= 0.6 is 0 Å². The maximum atomic E-state index is 13.2. The fourth-order valence-corrected chi connectivity index (χ4v) is 4.83. The van der Waals surface area contributed by atoms with E-state index in [0.29, 0.717) is 16.4 Å². The van der Waals surface area contributed by atoms with Crippen LogP contribution in [0.1, 0.15) is 86.3 Å². The number of rotatable bonds is 8. The van der Waals surface area contributed by atoms with Gasteiger partial charge < -0.3 is 0 Å². The summed E-state index contributed by atoms with van der Waals surface area (Å²) in [6, 6.07) is 12.7. The van der Waals surface area contributed by atoms with Crippen LogP contribution in [-0.2, 0) is 10.0 Å². The molecule has 0 saturated carbocycles. The van der Waals surface area contributed by atoms with Crippen LogP contribution in [0.5, 0.6) is 0 Å². The third kappa shape index (κ3) is 5.09. The van der Waals surface area contributed by atoms with E-state index in [-0.39, 0.29) is 24.2 Å². The molecule has 28 heavy (non-hydrogen) atoms. The minimum Gasteiger partial charge on any atom is -0.293 e. The largest absolute Gasteiger partial charge is 0.293 e. The zero-order valence-corrected chi connectivity index (χ0v) is 18.4. The standard InChI is InChI=1S/C23H31NO3S/c1-15(2)19-12-20(16(3)4)23(21(13-19)17(5)6)28(26,27)24-14-22(25)18-10-8-7-9-11-18/h7-13,15-17,24H,14H2,1-6H3. The van der Waals surface area contributed by atoms with Crippen molar-refractivity contribution >= 4 is 15.8 Å². The van der Waals surface area contributed by atoms with Gasteiger partial charge in [-0.2, -0.15) is 0 Å². The molecule has 2 rings (SSSR count). The minimum absolute atomic E-state index is 0.0487. The first-order valence-electron chi connectivity index (χ1n) is 9.80. The molecule has 0 aliphatic carbocycles. The first kappa shape index (κ1) is 22.3. The molecule has 0 unspecified atom stereocenters. The van der Waals surface area contributed by atoms with Gasteiger partial charge in [-0.05, 0) is 34.4 Å². The molecule has 4 nitrogen and oxygen atoms in total. The monoisotopic (exact) mass is 401 g/mol. The summed E-state index contributed by atoms with van der Waals surface area (Å²) in [5.74, 6) is 0.153. The molecule has 0 aliphatic rings. The lowest BCUT2D eigenvalue weighted by atomic mass is 9.89. The summed E-state index contributed by atoms with van der Waals surface area (Å²) in [7, 11) is -3.83. The third-order valence-electron chi connectivity index (χ3n) is 4.87. The Bertz CT molecular complexity index is 901. The zero-order valence-electron chi connectivity index (χ0n) is 17.6. The van der Waals surface area contributed by atoms with Crippen LogP contribution in [-0.4, -0.2) is 20.7 Å². The first-order valence-corrected chi connectivity index (χ1v) is 11.3. The second-order valence-corrected chi connectivity index (χ2v) is 9.81. The van der Waals surface area contributed by atoms with E-state index >= 15 is 0 Å². The van der Waals surface area contributed by atoms with Crippen LogP contribution in [0.4, 0.5) is 0 Å². The van der Waals surface area contributed by atoms with E-state index in [9.17, 15) is 13.2 Å². The normalized spacial score (nSPS) is 12.2. The minimum atomic E-state index is -3.83. The summed E-state index contributed by atoms with van der Waals surface area (Å²) in [5.41, 5.74) is 3.23. The van der Waals surface area contributed by atoms with Gasteiger partial charge in [0.2, 0.25) is 10.0 Å². The van der Waals surface area contributed by atoms with Crippen LogP contribution < -0.4 is 4.72 Å². The Labute approximate surface area is 169 Å². The number of sulfonamides is 1. The number of carbonyl (C=O) groups excluding carboxylic acids is 1. The molecule has 0 aliphatic heterocycles. The Kier molecular flexibility index (Phi) is 7.18. The van der Waals surface area contributed by atoms with E-state index < -0.39 is 10.0 Å². The molecular formula is C23H31NO3S. The van der Waals surface area contributed by atoms with E-state index in [1.54, 1.807) is 24.3 Å². The Morgan fingerprint density at radius 1 is 0.857 bits per heavy atom. The molecule has 152 valence electrons. The molecule has 0 bridgehead atoms. The van der Waals surface area contributed by atoms with Gasteiger partial charge in [0.15, 0.2) is 5.78 Å². The lowest BCUT2D eigenvalue weighted by Crippen LogP contribution is -2.31. The highest BCUT2D eigenvalue weighted by atomic mass is 32.2. The predicted molar refractivity (Wildman–Crippen MR) is 115 cm³/mol. The SMILES string of the molecule is CC(C)c1cc(C(C)C)c(S(=O)(=O)NCC(=O)c2ccccc2)c(C(C)C)c1. The molecule has 0 atom stereocenters. The Balaban J connectivity index is 2.47. The van der Waals surface area contributed by atoms with Crippen molar-refractivity contribution < 1.29 is 13.2 Å². The number of Topliss-reactive ketones (excluding diaryl/α,β-unsaturated/α-hetero) is 1. The third-order valence-corrected chi connectivity index (χ3v) is 6.40. The van der Waals surface area contributed by atoms with Crippen LogP contribution in [0.15, 0.2) is 47.4 Å². The molecule has 0 heterocycles. The van der Waals surface area contributed by atoms with E-state index in [0.717, 1.165) is 16.7 Å². The molecular weight excluding hydrogens is 370 g/mol.